The van der Waals surface area contributed by atoms with E-state index < -0.39 is 66.2 Å². The van der Waals surface area contributed by atoms with Gasteiger partial charge in [0, 0.05) is 30.5 Å². The van der Waals surface area contributed by atoms with E-state index in [1.165, 1.54) is 0 Å². The minimum atomic E-state index is -1.63. The first-order valence-corrected chi connectivity index (χ1v) is 18.3. The Morgan fingerprint density at radius 3 is 2.24 bits per heavy atom. The number of aliphatic carboxylic acids is 2. The van der Waals surface area contributed by atoms with Gasteiger partial charge in [0.05, 0.1) is 24.5 Å². The van der Waals surface area contributed by atoms with Crippen molar-refractivity contribution < 1.29 is 43.8 Å². The maximum absolute atomic E-state index is 13.4. The fourth-order valence-corrected chi connectivity index (χ4v) is 7.23. The van der Waals surface area contributed by atoms with Crippen LogP contribution in [0.1, 0.15) is 78.1 Å². The maximum Gasteiger partial charge on any atom is 0.326 e. The van der Waals surface area contributed by atoms with E-state index in [0.717, 1.165) is 18.6 Å². The molecule has 51 heavy (non-hydrogen) atoms. The fourth-order valence-electron chi connectivity index (χ4n) is 5.69. The van der Waals surface area contributed by atoms with Gasteiger partial charge in [-0.1, -0.05) is 20.3 Å². The second-order valence-corrected chi connectivity index (χ2v) is 14.3. The minimum absolute atomic E-state index is 0.0614. The number of nitrogens with zero attached hydrogens (tertiary/aromatic N) is 1. The number of nitrogens with one attached hydrogen (secondary N) is 6. The highest BCUT2D eigenvalue weighted by atomic mass is 32.2. The number of amides is 6. The van der Waals surface area contributed by atoms with Crippen LogP contribution in [0.15, 0.2) is 4.99 Å². The highest BCUT2D eigenvalue weighted by molar-refractivity contribution is 8.00. The van der Waals surface area contributed by atoms with Crippen LogP contribution in [0.3, 0.4) is 0 Å². The van der Waals surface area contributed by atoms with Crippen LogP contribution in [-0.4, -0.2) is 118 Å². The third-order valence-corrected chi connectivity index (χ3v) is 10.0. The molecular formula is C31H54N10O9S. The Labute approximate surface area is 301 Å². The molecule has 0 aliphatic carbocycles. The van der Waals surface area contributed by atoms with E-state index in [1.807, 2.05) is 11.8 Å². The number of carboxylic acid groups (broad SMARTS) is 2. The number of carbonyl (C=O) groups is 7. The van der Waals surface area contributed by atoms with E-state index in [0.29, 0.717) is 43.9 Å². The number of fused-ring (bicyclic) bond motifs is 1. The topological polar surface area (TPSA) is 323 Å². The zero-order valence-electron chi connectivity index (χ0n) is 29.2. The smallest absolute Gasteiger partial charge is 0.326 e. The standard InChI is InChI=1S/C31H54N10O9S/c1-16(2)24(29(48)49)40-28(47)19(14-23(43)44)38-27(46)18(37-26(45)17(32)8-7-13-36-30(33)34)9-5-6-12-35-22(42)11-4-3-10-21-25-20(15-51-21)39-31(50)41-25/h16-21,24-25H,3-15,32H2,1-2H3,(H,35,42)(H,37,45)(H,38,46)(H,40,47)(H,43,44)(H,48,49)(H4,33,34,36)(H2,39,41,50)/t17-,18-,19-,20-,21-,24-,25-/m0/s1. The number of carbonyl (C=O) groups excluding carboxylic acids is 5. The van der Waals surface area contributed by atoms with Crippen LogP contribution in [0.2, 0.25) is 0 Å². The molecule has 14 N–H and O–H groups in total. The summed E-state index contributed by atoms with van der Waals surface area (Å²) in [4.78, 5) is 90.1. The number of thioether (sulfide) groups is 1. The number of aliphatic imine (C=N–C) groups is 1. The number of rotatable bonds is 24. The molecule has 2 heterocycles. The molecule has 2 rings (SSSR count). The van der Waals surface area contributed by atoms with E-state index >= 15 is 0 Å². The summed E-state index contributed by atoms with van der Waals surface area (Å²) in [6.45, 7) is 3.65. The van der Waals surface area contributed by atoms with Crippen LogP contribution < -0.4 is 49.1 Å². The third kappa shape index (κ3) is 15.6. The largest absolute Gasteiger partial charge is 0.481 e. The maximum atomic E-state index is 13.4. The second kappa shape index (κ2) is 21.8. The number of unbranched alkanes of at least 4 members (excludes halogenated alkanes) is 2. The van der Waals surface area contributed by atoms with E-state index in [4.69, 9.17) is 17.2 Å². The molecule has 2 saturated heterocycles. The van der Waals surface area contributed by atoms with Crippen LogP contribution >= 0.6 is 11.8 Å². The summed E-state index contributed by atoms with van der Waals surface area (Å²) >= 11 is 1.82. The second-order valence-electron chi connectivity index (χ2n) is 13.1. The summed E-state index contributed by atoms with van der Waals surface area (Å²) in [5.74, 6) is -5.19. The summed E-state index contributed by atoms with van der Waals surface area (Å²) in [5.41, 5.74) is 16.6. The summed E-state index contributed by atoms with van der Waals surface area (Å²) in [5, 5.41) is 35.0. The predicted molar refractivity (Wildman–Crippen MR) is 189 cm³/mol. The zero-order valence-corrected chi connectivity index (χ0v) is 30.0. The fraction of sp³-hybridized carbons (Fsp3) is 0.742. The molecule has 0 unspecified atom stereocenters. The number of nitrogens with two attached hydrogens (primary N) is 3. The lowest BCUT2D eigenvalue weighted by molar-refractivity contribution is -0.144. The van der Waals surface area contributed by atoms with Gasteiger partial charge < -0.3 is 59.3 Å². The molecule has 2 aliphatic rings. The number of urea groups is 1. The first-order valence-electron chi connectivity index (χ1n) is 17.2. The molecule has 20 heteroatoms. The average Bonchev–Trinajstić information content (AvgIpc) is 3.60. The minimum Gasteiger partial charge on any atom is -0.481 e. The van der Waals surface area contributed by atoms with Crippen molar-refractivity contribution in [2.75, 3.05) is 18.8 Å². The molecule has 0 aromatic carbocycles. The Kier molecular flexibility index (Phi) is 18.3. The van der Waals surface area contributed by atoms with Crippen molar-refractivity contribution in [1.29, 1.82) is 0 Å². The summed E-state index contributed by atoms with van der Waals surface area (Å²) in [6, 6.07) is -5.09. The van der Waals surface area contributed by atoms with Crippen LogP contribution in [0.25, 0.3) is 0 Å². The first-order chi connectivity index (χ1) is 24.1. The normalized spacial score (nSPS) is 20.1. The third-order valence-electron chi connectivity index (χ3n) is 8.50. The highest BCUT2D eigenvalue weighted by Gasteiger charge is 2.42. The van der Waals surface area contributed by atoms with Gasteiger partial charge in [0.1, 0.15) is 18.1 Å². The molecule has 6 amide bonds. The van der Waals surface area contributed by atoms with Gasteiger partial charge in [0.15, 0.2) is 5.96 Å². The van der Waals surface area contributed by atoms with Crippen molar-refractivity contribution in [3.05, 3.63) is 0 Å². The molecule has 0 bridgehead atoms. The van der Waals surface area contributed by atoms with Crippen molar-refractivity contribution in [1.82, 2.24) is 31.9 Å². The Morgan fingerprint density at radius 2 is 1.59 bits per heavy atom. The van der Waals surface area contributed by atoms with Crippen molar-refractivity contribution >= 4 is 59.3 Å². The number of carboxylic acids is 2. The molecule has 7 atom stereocenters. The Balaban J connectivity index is 1.92. The monoisotopic (exact) mass is 742 g/mol. The van der Waals surface area contributed by atoms with Gasteiger partial charge in [0.25, 0.3) is 0 Å². The van der Waals surface area contributed by atoms with E-state index in [2.05, 4.69) is 36.9 Å². The number of guanidine groups is 1. The van der Waals surface area contributed by atoms with Crippen molar-refractivity contribution in [3.8, 4) is 0 Å². The molecule has 2 aliphatic heterocycles. The molecule has 0 aromatic rings. The number of hydrogen-bond donors (Lipinski definition) is 11. The molecular weight excluding hydrogens is 688 g/mol. The molecule has 0 aromatic heterocycles. The van der Waals surface area contributed by atoms with Crippen molar-refractivity contribution in [2.45, 2.75) is 120 Å². The van der Waals surface area contributed by atoms with E-state index in [1.54, 1.807) is 13.8 Å². The highest BCUT2D eigenvalue weighted by Crippen LogP contribution is 2.33. The zero-order chi connectivity index (χ0) is 38.1. The van der Waals surface area contributed by atoms with Gasteiger partial charge in [0.2, 0.25) is 23.6 Å². The van der Waals surface area contributed by atoms with Gasteiger partial charge in [-0.05, 0) is 50.9 Å². The summed E-state index contributed by atoms with van der Waals surface area (Å²) < 4.78 is 0. The molecule has 2 fully saturated rings. The van der Waals surface area contributed by atoms with Crippen LogP contribution in [0, 0.1) is 5.92 Å². The predicted octanol–water partition coefficient (Wildman–Crippen LogP) is -1.95. The molecule has 0 radical (unpaired) electrons. The van der Waals surface area contributed by atoms with Crippen molar-refractivity contribution in [3.63, 3.8) is 0 Å². The molecule has 0 spiro atoms. The lowest BCUT2D eigenvalue weighted by Gasteiger charge is -2.25. The SMILES string of the molecule is CC(C)[C@H](NC(=O)[C@H](CC(=O)O)NC(=O)[C@H](CCCCNC(=O)CCCC[C@@H]1SC[C@@H]2NC(=O)N[C@@H]21)NC(=O)[C@@H](N)CCCN=C(N)N)C(=O)O. The molecule has 288 valence electrons. The lowest BCUT2D eigenvalue weighted by Crippen LogP contribution is -2.58. The van der Waals surface area contributed by atoms with Gasteiger partial charge in [-0.3, -0.25) is 29.0 Å². The number of hydrogen-bond acceptors (Lipinski definition) is 10. The van der Waals surface area contributed by atoms with Gasteiger partial charge in [-0.2, -0.15) is 11.8 Å². The van der Waals surface area contributed by atoms with Gasteiger partial charge in [-0.25, -0.2) is 9.59 Å². The quantitative estimate of drug-likeness (QED) is 0.0222. The van der Waals surface area contributed by atoms with E-state index in [9.17, 15) is 43.8 Å². The van der Waals surface area contributed by atoms with Gasteiger partial charge >= 0.3 is 18.0 Å². The summed E-state index contributed by atoms with van der Waals surface area (Å²) in [7, 11) is 0. The Bertz CT molecular complexity index is 1270. The van der Waals surface area contributed by atoms with Crippen molar-refractivity contribution in [2.24, 2.45) is 28.1 Å². The average molecular weight is 743 g/mol. The van der Waals surface area contributed by atoms with Crippen LogP contribution in [0.5, 0.6) is 0 Å². The molecule has 19 nitrogen and oxygen atoms in total. The lowest BCUT2D eigenvalue weighted by atomic mass is 10.0. The van der Waals surface area contributed by atoms with Crippen LogP contribution in [-0.2, 0) is 28.8 Å². The summed E-state index contributed by atoms with van der Waals surface area (Å²) in [6.07, 6.45) is 3.34. The first kappa shape index (κ1) is 42.8. The molecule has 0 saturated carbocycles. The van der Waals surface area contributed by atoms with Gasteiger partial charge in [-0.15, -0.1) is 0 Å². The van der Waals surface area contributed by atoms with Crippen LogP contribution in [0.4, 0.5) is 4.79 Å². The Hall–Kier alpha value is -4.33. The van der Waals surface area contributed by atoms with E-state index in [-0.39, 0.29) is 49.4 Å². The Morgan fingerprint density at radius 1 is 0.902 bits per heavy atom.